The van der Waals surface area contributed by atoms with Crippen LogP contribution in [0.15, 0.2) is 42.5 Å². The van der Waals surface area contributed by atoms with Gasteiger partial charge < -0.3 is 16.2 Å². The van der Waals surface area contributed by atoms with Crippen LogP contribution in [-0.2, 0) is 10.4 Å². The van der Waals surface area contributed by atoms with E-state index in [0.29, 0.717) is 22.1 Å². The molecule has 0 spiro atoms. The van der Waals surface area contributed by atoms with Gasteiger partial charge in [0.2, 0.25) is 5.60 Å². The van der Waals surface area contributed by atoms with Gasteiger partial charge in [0.1, 0.15) is 5.82 Å². The van der Waals surface area contributed by atoms with Crippen LogP contribution in [0.25, 0.3) is 5.69 Å². The van der Waals surface area contributed by atoms with E-state index in [0.717, 1.165) is 0 Å². The summed E-state index contributed by atoms with van der Waals surface area (Å²) < 4.78 is 1.32. The Bertz CT molecular complexity index is 1140. The Kier molecular flexibility index (Phi) is 3.88. The number of carbonyl (C=O) groups excluding carboxylic acids is 1. The standard InChI is InChI=1S/C18H14ClN5O4/c1-9-15(18(26)13-8-10(19)2-7-14(13)21-17(18)25)16(20)23(22-9)11-3-5-12(6-4-11)24(27)28/h2-8,26H,20H2,1H3,(H,21,25)/t18-/m1/s1. The maximum atomic E-state index is 12.7. The van der Waals surface area contributed by atoms with Crippen LogP contribution in [0.3, 0.4) is 0 Å². The van der Waals surface area contributed by atoms with Crippen LogP contribution < -0.4 is 11.1 Å². The molecule has 1 aromatic heterocycles. The van der Waals surface area contributed by atoms with E-state index < -0.39 is 16.4 Å². The van der Waals surface area contributed by atoms with Crippen LogP contribution in [0.5, 0.6) is 0 Å². The molecule has 0 saturated carbocycles. The molecule has 2 heterocycles. The Hall–Kier alpha value is -3.43. The fourth-order valence-electron chi connectivity index (χ4n) is 3.41. The Morgan fingerprint density at radius 2 is 1.96 bits per heavy atom. The summed E-state index contributed by atoms with van der Waals surface area (Å²) in [7, 11) is 0. The fraction of sp³-hybridized carbons (Fsp3) is 0.111. The van der Waals surface area contributed by atoms with Crippen molar-refractivity contribution in [3.8, 4) is 5.69 Å². The zero-order chi connectivity index (χ0) is 20.2. The number of hydrogen-bond donors (Lipinski definition) is 3. The van der Waals surface area contributed by atoms with Gasteiger partial charge in [-0.15, -0.1) is 0 Å². The quantitative estimate of drug-likeness (QED) is 0.457. The molecule has 9 nitrogen and oxygen atoms in total. The molecule has 0 radical (unpaired) electrons. The maximum Gasteiger partial charge on any atom is 0.269 e. The second-order valence-corrected chi connectivity index (χ2v) is 6.82. The lowest BCUT2D eigenvalue weighted by atomic mass is 9.87. The molecule has 0 saturated heterocycles. The van der Waals surface area contributed by atoms with Crippen molar-refractivity contribution in [3.05, 3.63) is 74.4 Å². The zero-order valence-electron chi connectivity index (χ0n) is 14.5. The van der Waals surface area contributed by atoms with Gasteiger partial charge in [-0.3, -0.25) is 14.9 Å². The first-order valence-corrected chi connectivity index (χ1v) is 8.55. The van der Waals surface area contributed by atoms with E-state index in [1.165, 1.54) is 35.0 Å². The topological polar surface area (TPSA) is 136 Å². The highest BCUT2D eigenvalue weighted by Crippen LogP contribution is 2.45. The maximum absolute atomic E-state index is 12.7. The molecule has 1 atom stereocenters. The molecule has 10 heteroatoms. The van der Waals surface area contributed by atoms with Gasteiger partial charge in [-0.2, -0.15) is 5.10 Å². The number of aliphatic hydroxyl groups is 1. The fourth-order valence-corrected chi connectivity index (χ4v) is 3.58. The number of nitrogens with one attached hydrogen (secondary N) is 1. The Labute approximate surface area is 163 Å². The van der Waals surface area contributed by atoms with Crippen molar-refractivity contribution in [2.24, 2.45) is 0 Å². The Morgan fingerprint density at radius 1 is 1.29 bits per heavy atom. The minimum absolute atomic E-state index is 0.0387. The summed E-state index contributed by atoms with van der Waals surface area (Å²) in [6.45, 7) is 1.61. The molecule has 142 valence electrons. The summed E-state index contributed by atoms with van der Waals surface area (Å²) >= 11 is 6.05. The first kappa shape index (κ1) is 18.0. The molecule has 3 aromatic rings. The van der Waals surface area contributed by atoms with Crippen molar-refractivity contribution in [3.63, 3.8) is 0 Å². The van der Waals surface area contributed by atoms with Gasteiger partial charge in [-0.1, -0.05) is 11.6 Å². The number of aryl methyl sites for hydroxylation is 1. The number of fused-ring (bicyclic) bond motifs is 1. The lowest BCUT2D eigenvalue weighted by Crippen LogP contribution is -2.36. The van der Waals surface area contributed by atoms with Crippen molar-refractivity contribution in [1.82, 2.24) is 9.78 Å². The predicted octanol–water partition coefficient (Wildman–Crippen LogP) is 2.51. The molecular formula is C18H14ClN5O4. The summed E-state index contributed by atoms with van der Waals surface area (Å²) in [5.41, 5.74) is 5.73. The van der Waals surface area contributed by atoms with Crippen LogP contribution in [0, 0.1) is 17.0 Å². The molecule has 28 heavy (non-hydrogen) atoms. The molecule has 1 amide bonds. The highest BCUT2D eigenvalue weighted by molar-refractivity contribution is 6.31. The number of nitro groups is 1. The van der Waals surface area contributed by atoms with Crippen molar-refractivity contribution in [2.45, 2.75) is 12.5 Å². The lowest BCUT2D eigenvalue weighted by molar-refractivity contribution is -0.384. The van der Waals surface area contributed by atoms with Gasteiger partial charge in [0.05, 0.1) is 21.9 Å². The third-order valence-corrected chi connectivity index (χ3v) is 4.95. The molecule has 0 bridgehead atoms. The number of nitrogens with zero attached hydrogens (tertiary/aromatic N) is 3. The molecule has 0 aliphatic carbocycles. The summed E-state index contributed by atoms with van der Waals surface area (Å²) in [5.74, 6) is -0.625. The number of anilines is 2. The molecule has 4 N–H and O–H groups in total. The Balaban J connectivity index is 1.88. The number of rotatable bonds is 3. The molecule has 0 unspecified atom stereocenters. The first-order chi connectivity index (χ1) is 13.2. The van der Waals surface area contributed by atoms with E-state index >= 15 is 0 Å². The molecular weight excluding hydrogens is 386 g/mol. The summed E-state index contributed by atoms with van der Waals surface area (Å²) in [4.78, 5) is 23.0. The van der Waals surface area contributed by atoms with Crippen LogP contribution in [-0.4, -0.2) is 25.7 Å². The number of benzene rings is 2. The number of halogens is 1. The number of hydrogen-bond acceptors (Lipinski definition) is 6. The number of nitrogen functional groups attached to an aromatic ring is 1. The van der Waals surface area contributed by atoms with Crippen molar-refractivity contribution in [1.29, 1.82) is 0 Å². The number of non-ortho nitro benzene ring substituents is 1. The highest BCUT2D eigenvalue weighted by Gasteiger charge is 2.50. The third kappa shape index (κ3) is 2.44. The molecule has 1 aliphatic rings. The van der Waals surface area contributed by atoms with Gasteiger partial charge in [-0.05, 0) is 37.3 Å². The zero-order valence-corrected chi connectivity index (χ0v) is 15.3. The second kappa shape index (κ2) is 6.04. The number of nitro benzene ring substituents is 1. The van der Waals surface area contributed by atoms with Gasteiger partial charge in [-0.25, -0.2) is 4.68 Å². The lowest BCUT2D eigenvalue weighted by Gasteiger charge is -2.21. The predicted molar refractivity (Wildman–Crippen MR) is 102 cm³/mol. The minimum atomic E-state index is -2.06. The normalized spacial score (nSPS) is 18.0. The van der Waals surface area contributed by atoms with E-state index in [1.54, 1.807) is 19.1 Å². The summed E-state index contributed by atoms with van der Waals surface area (Å²) in [6.07, 6.45) is 0. The van der Waals surface area contributed by atoms with Crippen LogP contribution in [0.4, 0.5) is 17.2 Å². The van der Waals surface area contributed by atoms with Crippen molar-refractivity contribution in [2.75, 3.05) is 11.1 Å². The molecule has 2 aromatic carbocycles. The van der Waals surface area contributed by atoms with E-state index in [-0.39, 0.29) is 22.6 Å². The van der Waals surface area contributed by atoms with E-state index in [2.05, 4.69) is 10.4 Å². The summed E-state index contributed by atoms with van der Waals surface area (Å²) in [6, 6.07) is 10.3. The van der Waals surface area contributed by atoms with Crippen molar-refractivity contribution < 1.29 is 14.8 Å². The van der Waals surface area contributed by atoms with Crippen LogP contribution >= 0.6 is 11.6 Å². The smallest absolute Gasteiger partial charge is 0.269 e. The highest BCUT2D eigenvalue weighted by atomic mass is 35.5. The second-order valence-electron chi connectivity index (χ2n) is 6.39. The van der Waals surface area contributed by atoms with Gasteiger partial charge >= 0.3 is 0 Å². The third-order valence-electron chi connectivity index (χ3n) is 4.71. The largest absolute Gasteiger partial charge is 0.383 e. The number of aromatic nitrogens is 2. The number of carbonyl (C=O) groups is 1. The first-order valence-electron chi connectivity index (χ1n) is 8.17. The van der Waals surface area contributed by atoms with Gasteiger partial charge in [0.15, 0.2) is 0 Å². The van der Waals surface area contributed by atoms with E-state index in [1.807, 2.05) is 0 Å². The molecule has 4 rings (SSSR count). The monoisotopic (exact) mass is 399 g/mol. The van der Waals surface area contributed by atoms with Crippen LogP contribution in [0.2, 0.25) is 5.02 Å². The number of amides is 1. The van der Waals surface area contributed by atoms with Gasteiger partial charge in [0, 0.05) is 28.4 Å². The van der Waals surface area contributed by atoms with Crippen molar-refractivity contribution >= 4 is 34.7 Å². The summed E-state index contributed by atoms with van der Waals surface area (Å²) in [5, 5.41) is 29.5. The average Bonchev–Trinajstić information content (AvgIpc) is 3.09. The average molecular weight is 400 g/mol. The van der Waals surface area contributed by atoms with E-state index in [4.69, 9.17) is 17.3 Å². The van der Waals surface area contributed by atoms with Crippen LogP contribution in [0.1, 0.15) is 16.8 Å². The Morgan fingerprint density at radius 3 is 2.61 bits per heavy atom. The van der Waals surface area contributed by atoms with Gasteiger partial charge in [0.25, 0.3) is 11.6 Å². The molecule has 1 aliphatic heterocycles. The molecule has 0 fully saturated rings. The SMILES string of the molecule is Cc1nn(-c2ccc([N+](=O)[O-])cc2)c(N)c1[C@@]1(O)C(=O)Nc2ccc(Cl)cc21. The minimum Gasteiger partial charge on any atom is -0.383 e. The number of nitrogens with two attached hydrogens (primary N) is 1. The van der Waals surface area contributed by atoms with E-state index in [9.17, 15) is 20.0 Å².